The molecule has 78 valence electrons. The maximum Gasteiger partial charge on any atom is 0.0314 e. The highest BCUT2D eigenvalue weighted by atomic mass is 15.1. The minimum atomic E-state index is 0.838. The van der Waals surface area contributed by atoms with Crippen molar-refractivity contribution in [2.45, 2.75) is 26.3 Å². The number of anilines is 1. The van der Waals surface area contributed by atoms with Crippen molar-refractivity contribution in [3.63, 3.8) is 0 Å². The van der Waals surface area contributed by atoms with E-state index < -0.39 is 0 Å². The highest BCUT2D eigenvalue weighted by Gasteiger charge is 1.98. The zero-order valence-electron chi connectivity index (χ0n) is 9.16. The molecule has 0 heterocycles. The second kappa shape index (κ2) is 5.66. The second-order valence-corrected chi connectivity index (χ2v) is 3.83. The predicted octanol–water partition coefficient (Wildman–Crippen LogP) is 2.50. The van der Waals surface area contributed by atoms with E-state index in [0.717, 1.165) is 12.2 Å². The minimum Gasteiger partial charge on any atom is -0.399 e. The van der Waals surface area contributed by atoms with Crippen LogP contribution in [-0.2, 0) is 6.54 Å². The third-order valence-corrected chi connectivity index (χ3v) is 2.33. The van der Waals surface area contributed by atoms with Crippen molar-refractivity contribution >= 4 is 5.69 Å². The molecule has 0 aromatic heterocycles. The summed E-state index contributed by atoms with van der Waals surface area (Å²) in [4.78, 5) is 2.34. The molecule has 2 heteroatoms. The van der Waals surface area contributed by atoms with Crippen molar-refractivity contribution in [3.8, 4) is 0 Å². The van der Waals surface area contributed by atoms with Gasteiger partial charge < -0.3 is 10.6 Å². The van der Waals surface area contributed by atoms with Crippen molar-refractivity contribution in [1.82, 2.24) is 4.90 Å². The first-order valence-electron chi connectivity index (χ1n) is 5.25. The summed E-state index contributed by atoms with van der Waals surface area (Å²) >= 11 is 0. The van der Waals surface area contributed by atoms with Gasteiger partial charge in [0.1, 0.15) is 0 Å². The number of nitrogen functional groups attached to an aromatic ring is 1. The van der Waals surface area contributed by atoms with Crippen LogP contribution in [0.25, 0.3) is 0 Å². The van der Waals surface area contributed by atoms with Gasteiger partial charge in [-0.2, -0.15) is 0 Å². The molecular formula is C12H20N2. The lowest BCUT2D eigenvalue weighted by Gasteiger charge is -2.15. The molecule has 1 aromatic rings. The summed E-state index contributed by atoms with van der Waals surface area (Å²) in [6.45, 7) is 4.40. The number of nitrogens with two attached hydrogens (primary N) is 1. The zero-order chi connectivity index (χ0) is 10.4. The monoisotopic (exact) mass is 192 g/mol. The molecule has 1 rings (SSSR count). The number of hydrogen-bond acceptors (Lipinski definition) is 2. The summed E-state index contributed by atoms with van der Waals surface area (Å²) in [5.41, 5.74) is 7.79. The van der Waals surface area contributed by atoms with Crippen LogP contribution < -0.4 is 5.73 Å². The fraction of sp³-hybridized carbons (Fsp3) is 0.500. The minimum absolute atomic E-state index is 0.838. The van der Waals surface area contributed by atoms with E-state index in [1.807, 2.05) is 12.1 Å². The average Bonchev–Trinajstić information content (AvgIpc) is 2.18. The largest absolute Gasteiger partial charge is 0.399 e. The molecule has 2 nitrogen and oxygen atoms in total. The Morgan fingerprint density at radius 2 is 1.86 bits per heavy atom. The van der Waals surface area contributed by atoms with Gasteiger partial charge in [0, 0.05) is 12.2 Å². The van der Waals surface area contributed by atoms with Crippen LogP contribution in [0.1, 0.15) is 25.3 Å². The highest BCUT2D eigenvalue weighted by molar-refractivity contribution is 5.39. The maximum absolute atomic E-state index is 5.62. The van der Waals surface area contributed by atoms with Crippen LogP contribution in [0.2, 0.25) is 0 Å². The first-order chi connectivity index (χ1) is 6.72. The fourth-order valence-electron chi connectivity index (χ4n) is 1.44. The summed E-state index contributed by atoms with van der Waals surface area (Å²) in [5.74, 6) is 0. The molecular weight excluding hydrogens is 172 g/mol. The molecule has 0 atom stereocenters. The van der Waals surface area contributed by atoms with Crippen LogP contribution >= 0.6 is 0 Å². The van der Waals surface area contributed by atoms with Gasteiger partial charge in [-0.25, -0.2) is 0 Å². The van der Waals surface area contributed by atoms with Crippen molar-refractivity contribution in [3.05, 3.63) is 29.8 Å². The molecule has 0 aliphatic heterocycles. The van der Waals surface area contributed by atoms with Crippen LogP contribution in [0.4, 0.5) is 5.69 Å². The summed E-state index contributed by atoms with van der Waals surface area (Å²) in [6, 6.07) is 8.11. The first-order valence-corrected chi connectivity index (χ1v) is 5.25. The molecule has 0 spiro atoms. The lowest BCUT2D eigenvalue weighted by molar-refractivity contribution is 0.321. The average molecular weight is 192 g/mol. The first kappa shape index (κ1) is 11.1. The third-order valence-electron chi connectivity index (χ3n) is 2.33. The third kappa shape index (κ3) is 3.79. The molecule has 2 N–H and O–H groups in total. The summed E-state index contributed by atoms with van der Waals surface area (Å²) < 4.78 is 0. The Morgan fingerprint density at radius 3 is 2.43 bits per heavy atom. The van der Waals surface area contributed by atoms with Crippen LogP contribution in [0.3, 0.4) is 0 Å². The molecule has 0 saturated heterocycles. The van der Waals surface area contributed by atoms with E-state index in [1.54, 1.807) is 0 Å². The molecule has 0 bridgehead atoms. The van der Waals surface area contributed by atoms with Gasteiger partial charge in [-0.3, -0.25) is 0 Å². The lowest BCUT2D eigenvalue weighted by Crippen LogP contribution is -2.18. The van der Waals surface area contributed by atoms with Crippen LogP contribution in [0, 0.1) is 0 Å². The predicted molar refractivity (Wildman–Crippen MR) is 62.1 cm³/mol. The fourth-order valence-corrected chi connectivity index (χ4v) is 1.44. The molecule has 0 aliphatic rings. The van der Waals surface area contributed by atoms with E-state index in [4.69, 9.17) is 5.73 Å². The highest BCUT2D eigenvalue weighted by Crippen LogP contribution is 2.07. The molecule has 1 aromatic carbocycles. The Morgan fingerprint density at radius 1 is 1.21 bits per heavy atom. The Hall–Kier alpha value is -1.02. The summed E-state index contributed by atoms with van der Waals surface area (Å²) in [6.07, 6.45) is 2.53. The van der Waals surface area contributed by atoms with E-state index >= 15 is 0 Å². The lowest BCUT2D eigenvalue weighted by atomic mass is 10.2. The Kier molecular flexibility index (Phi) is 4.47. The summed E-state index contributed by atoms with van der Waals surface area (Å²) in [5, 5.41) is 0. The van der Waals surface area contributed by atoms with Gasteiger partial charge in [-0.15, -0.1) is 0 Å². The standard InChI is InChI=1S/C12H20N2/c1-3-4-9-14(2)10-11-5-7-12(13)8-6-11/h5-8H,3-4,9-10,13H2,1-2H3. The van der Waals surface area contributed by atoms with Crippen LogP contribution in [0.5, 0.6) is 0 Å². The van der Waals surface area contributed by atoms with E-state index in [2.05, 4.69) is 31.0 Å². The smallest absolute Gasteiger partial charge is 0.0314 e. The van der Waals surface area contributed by atoms with Crippen molar-refractivity contribution in [2.24, 2.45) is 0 Å². The van der Waals surface area contributed by atoms with Gasteiger partial charge in [0.05, 0.1) is 0 Å². The van der Waals surface area contributed by atoms with Crippen LogP contribution in [0.15, 0.2) is 24.3 Å². The Balaban J connectivity index is 2.39. The molecule has 0 aliphatic carbocycles. The number of rotatable bonds is 5. The molecule has 0 radical (unpaired) electrons. The van der Waals surface area contributed by atoms with Crippen molar-refractivity contribution < 1.29 is 0 Å². The van der Waals surface area contributed by atoms with Gasteiger partial charge in [0.2, 0.25) is 0 Å². The molecule has 0 fully saturated rings. The van der Waals surface area contributed by atoms with E-state index in [1.165, 1.54) is 24.9 Å². The molecule has 0 saturated carbocycles. The van der Waals surface area contributed by atoms with E-state index in [0.29, 0.717) is 0 Å². The van der Waals surface area contributed by atoms with Gasteiger partial charge in [-0.1, -0.05) is 25.5 Å². The quantitative estimate of drug-likeness (QED) is 0.726. The number of benzene rings is 1. The number of nitrogens with zero attached hydrogens (tertiary/aromatic N) is 1. The number of unbranched alkanes of at least 4 members (excludes halogenated alkanes) is 1. The van der Waals surface area contributed by atoms with Gasteiger partial charge >= 0.3 is 0 Å². The van der Waals surface area contributed by atoms with Crippen molar-refractivity contribution in [1.29, 1.82) is 0 Å². The zero-order valence-corrected chi connectivity index (χ0v) is 9.16. The topological polar surface area (TPSA) is 29.3 Å². The maximum atomic E-state index is 5.62. The molecule has 0 unspecified atom stereocenters. The van der Waals surface area contributed by atoms with Gasteiger partial charge in [0.15, 0.2) is 0 Å². The Labute approximate surface area is 86.7 Å². The van der Waals surface area contributed by atoms with Gasteiger partial charge in [-0.05, 0) is 37.7 Å². The Bertz CT molecular complexity index is 254. The van der Waals surface area contributed by atoms with Crippen LogP contribution in [-0.4, -0.2) is 18.5 Å². The van der Waals surface area contributed by atoms with Gasteiger partial charge in [0.25, 0.3) is 0 Å². The second-order valence-electron chi connectivity index (χ2n) is 3.83. The molecule has 0 amide bonds. The van der Waals surface area contributed by atoms with E-state index in [9.17, 15) is 0 Å². The number of hydrogen-bond donors (Lipinski definition) is 1. The SMILES string of the molecule is CCCCN(C)Cc1ccc(N)cc1. The van der Waals surface area contributed by atoms with Crippen molar-refractivity contribution in [2.75, 3.05) is 19.3 Å². The molecule has 14 heavy (non-hydrogen) atoms. The van der Waals surface area contributed by atoms with E-state index in [-0.39, 0.29) is 0 Å². The normalized spacial score (nSPS) is 10.8. The summed E-state index contributed by atoms with van der Waals surface area (Å²) in [7, 11) is 2.16.